The number of carbonyl (C=O) groups excluding carboxylic acids is 4. The molecule has 9 heterocycles. The van der Waals surface area contributed by atoms with Crippen LogP contribution >= 0.6 is 67.8 Å². The molecule has 3 aromatic carbocycles. The number of nitrogens with two attached hydrogens (primary N) is 1. The van der Waals surface area contributed by atoms with Gasteiger partial charge in [-0.3, -0.25) is 51.2 Å². The number of amides is 3. The van der Waals surface area contributed by atoms with Crippen LogP contribution in [0.15, 0.2) is 184 Å². The first-order chi connectivity index (χ1) is 47.7. The number of nitrogens with zero attached hydrogens (tertiary/aromatic N) is 13. The number of hydrogen-bond acceptors (Lipinski definition) is 20. The maximum atomic E-state index is 12.6. The van der Waals surface area contributed by atoms with Crippen LogP contribution in [0.25, 0.3) is 22.6 Å². The van der Waals surface area contributed by atoms with Gasteiger partial charge < -0.3 is 26.1 Å². The predicted octanol–water partition coefficient (Wildman–Crippen LogP) is 7.75. The van der Waals surface area contributed by atoms with Crippen molar-refractivity contribution in [3.05, 3.63) is 284 Å². The molecule has 12 rings (SSSR count). The number of anilines is 1. The smallest absolute Gasteiger partial charge is 0.364 e. The highest BCUT2D eigenvalue weighted by Crippen LogP contribution is 2.11. The Morgan fingerprint density at radius 1 is 0.455 bits per heavy atom. The number of carbonyl (C=O) groups is 4. The maximum absolute atomic E-state index is 12.6. The first kappa shape index (κ1) is 74.2. The molecule has 0 aliphatic rings. The Morgan fingerprint density at radius 3 is 1.20 bits per heavy atom. The molecule has 0 atom stereocenters. The van der Waals surface area contributed by atoms with Crippen molar-refractivity contribution >= 4 is 120 Å². The quantitative estimate of drug-likeness (QED) is 0.0228. The van der Waals surface area contributed by atoms with Gasteiger partial charge in [0.05, 0.1) is 6.61 Å². The molecule has 0 bridgehead atoms. The van der Waals surface area contributed by atoms with Crippen molar-refractivity contribution < 1.29 is 23.9 Å². The van der Waals surface area contributed by atoms with Crippen molar-refractivity contribution in [3.8, 4) is 11.8 Å². The van der Waals surface area contributed by atoms with E-state index in [4.69, 9.17) is 10.6 Å². The lowest BCUT2D eigenvalue weighted by molar-refractivity contribution is 0.0515. The Labute approximate surface area is 605 Å². The van der Waals surface area contributed by atoms with Crippen LogP contribution in [0.5, 0.6) is 0 Å². The summed E-state index contributed by atoms with van der Waals surface area (Å²) in [7, 11) is 0. The minimum absolute atomic E-state index is 0.189. The Hall–Kier alpha value is -10.6. The molecule has 0 fully saturated rings. The molecule has 9 aromatic heterocycles. The van der Waals surface area contributed by atoms with E-state index in [2.05, 4.69) is 154 Å². The zero-order chi connectivity index (χ0) is 71.1. The fourth-order valence-corrected chi connectivity index (χ4v) is 10.00. The van der Waals surface area contributed by atoms with Crippen molar-refractivity contribution in [2.75, 3.05) is 12.0 Å². The van der Waals surface area contributed by atoms with Crippen molar-refractivity contribution in [3.63, 3.8) is 0 Å². The number of esters is 1. The van der Waals surface area contributed by atoms with Crippen LogP contribution in [0.2, 0.25) is 0 Å². The second-order valence-corrected chi connectivity index (χ2v) is 25.1. The van der Waals surface area contributed by atoms with Crippen molar-refractivity contribution in [1.29, 1.82) is 0 Å². The SMILES string of the molecule is CC#Cc1ccc2nnc(C(=O)NCc3ccc(C)cc3)c(=O)n2c1.CCCc1ccc2nnc(C(=O)NCc3ccc(C)cc3)c(=O)n2c1.CCOC(=O)c1nnc2ccc(I)cn2c1=O.Cc1ccc(CNC(=O)c2nnc3ccc(I)cn3c2=O)cc1.NNc1ccc(I)cn1. The molecule has 0 radical (unpaired) electrons. The topological polar surface area (TPSA) is 354 Å². The number of hydrogen-bond donors (Lipinski definition) is 5. The first-order valence-electron chi connectivity index (χ1n) is 30.2. The Kier molecular flexibility index (Phi) is 27.0. The summed E-state index contributed by atoms with van der Waals surface area (Å²) in [4.78, 5) is 102. The van der Waals surface area contributed by atoms with Gasteiger partial charge in [0.15, 0.2) is 22.6 Å². The number of pyridine rings is 5. The molecule has 0 unspecified atom stereocenters. The molecular formula is C69H63I3N18O9. The number of aryl methyl sites for hydroxylation is 4. The molecule has 3 amide bonds. The van der Waals surface area contributed by atoms with Crippen LogP contribution in [0.1, 0.15) is 114 Å². The van der Waals surface area contributed by atoms with Crippen LogP contribution in [-0.2, 0) is 30.8 Å². The number of nitrogen functional groups attached to an aromatic ring is 1. The largest absolute Gasteiger partial charge is 0.461 e. The van der Waals surface area contributed by atoms with E-state index >= 15 is 0 Å². The molecule has 0 saturated heterocycles. The van der Waals surface area contributed by atoms with E-state index in [-0.39, 0.29) is 29.4 Å². The van der Waals surface area contributed by atoms with E-state index in [1.807, 2.05) is 118 Å². The summed E-state index contributed by atoms with van der Waals surface area (Å²) in [5.74, 6) is 9.05. The predicted molar refractivity (Wildman–Crippen MR) is 397 cm³/mol. The standard InChI is InChI=1S/C19H20N4O2.C19H16N4O2.C16H13IN4O2.C10H8IN3O3.C5H6IN3/c2*1-3-4-15-9-10-16-21-22-17(19(25)23(16)12-15)18(24)20-11-14-7-5-13(2)6-8-14;1-10-2-4-11(5-3-10)8-18-15(22)14-16(23)21-9-12(17)6-7-13(21)19-20-14;1-2-17-10(16)8-9(15)14-5-6(11)3-4-7(14)12-13-8;6-4-1-2-5(9-7)8-3-4/h5-10,12H,3-4,11H2,1-2H3,(H,20,24);5-10,12H,11H2,1-2H3,(H,20,24);2-7,9H,8H2,1H3,(H,18,22);3-5H,2H2,1H3;1-3H,7H2,(H,8,9). The molecule has 0 saturated carbocycles. The number of aromatic nitrogens is 13. The van der Waals surface area contributed by atoms with Crippen LogP contribution in [-0.4, -0.2) is 93.7 Å². The molecule has 99 heavy (non-hydrogen) atoms. The van der Waals surface area contributed by atoms with Gasteiger partial charge in [0.1, 0.15) is 5.82 Å². The maximum Gasteiger partial charge on any atom is 0.364 e. The zero-order valence-electron chi connectivity index (χ0n) is 54.0. The third kappa shape index (κ3) is 20.7. The molecule has 6 N–H and O–H groups in total. The third-order valence-corrected chi connectivity index (χ3v) is 15.8. The second kappa shape index (κ2) is 36.1. The molecular weight excluding hydrogens is 1610 g/mol. The molecule has 504 valence electrons. The summed E-state index contributed by atoms with van der Waals surface area (Å²) < 4.78 is 12.8. The monoisotopic (exact) mass is 1670 g/mol. The molecule has 0 aliphatic heterocycles. The van der Waals surface area contributed by atoms with E-state index in [9.17, 15) is 38.4 Å². The number of halogens is 3. The minimum Gasteiger partial charge on any atom is -0.461 e. The van der Waals surface area contributed by atoms with Gasteiger partial charge in [-0.25, -0.2) is 15.6 Å². The van der Waals surface area contributed by atoms with Gasteiger partial charge in [-0.05, 0) is 186 Å². The molecule has 12 aromatic rings. The van der Waals surface area contributed by atoms with E-state index < -0.39 is 45.9 Å². The lowest BCUT2D eigenvalue weighted by Crippen LogP contribution is -2.33. The van der Waals surface area contributed by atoms with Gasteiger partial charge in [-0.2, -0.15) is 0 Å². The second-order valence-electron chi connectivity index (χ2n) is 21.3. The molecule has 0 spiro atoms. The Morgan fingerprint density at radius 2 is 0.818 bits per heavy atom. The third-order valence-electron chi connectivity index (χ3n) is 13.9. The summed E-state index contributed by atoms with van der Waals surface area (Å²) in [6.07, 6.45) is 10.1. The highest BCUT2D eigenvalue weighted by Gasteiger charge is 2.20. The number of hydrazine groups is 1. The van der Waals surface area contributed by atoms with Gasteiger partial charge in [-0.15, -0.1) is 46.7 Å². The van der Waals surface area contributed by atoms with E-state index in [0.717, 1.165) is 62.5 Å². The van der Waals surface area contributed by atoms with Crippen molar-refractivity contribution in [1.82, 2.24) is 79.3 Å². The number of fused-ring (bicyclic) bond motifs is 4. The van der Waals surface area contributed by atoms with Crippen LogP contribution in [0, 0.1) is 43.3 Å². The summed E-state index contributed by atoms with van der Waals surface area (Å²) >= 11 is 6.34. The van der Waals surface area contributed by atoms with E-state index in [1.54, 1.807) is 81.2 Å². The fraction of sp³-hybridized carbons (Fsp3) is 0.174. The normalized spacial score (nSPS) is 10.4. The van der Waals surface area contributed by atoms with Gasteiger partial charge in [0.25, 0.3) is 40.0 Å². The molecule has 27 nitrogen and oxygen atoms in total. The van der Waals surface area contributed by atoms with Crippen molar-refractivity contribution in [2.45, 2.75) is 74.0 Å². The van der Waals surface area contributed by atoms with Crippen molar-refractivity contribution in [2.24, 2.45) is 5.84 Å². The Balaban J connectivity index is 0.000000162. The zero-order valence-corrected chi connectivity index (χ0v) is 60.5. The number of nitrogens with one attached hydrogen (secondary N) is 4. The average molecular weight is 1670 g/mol. The summed E-state index contributed by atoms with van der Waals surface area (Å²) in [5.41, 5.74) is 9.07. The van der Waals surface area contributed by atoms with Gasteiger partial charge in [-0.1, -0.05) is 115 Å². The average Bonchev–Trinajstić information content (AvgIpc) is 0.822. The lowest BCUT2D eigenvalue weighted by Gasteiger charge is -2.07. The van der Waals surface area contributed by atoms with E-state index in [0.29, 0.717) is 53.6 Å². The number of rotatable bonds is 14. The first-order valence-corrected chi connectivity index (χ1v) is 33.5. The van der Waals surface area contributed by atoms with E-state index in [1.165, 1.54) is 17.6 Å². The molecule has 30 heteroatoms. The van der Waals surface area contributed by atoms with Crippen LogP contribution < -0.4 is 49.5 Å². The van der Waals surface area contributed by atoms with Gasteiger partial charge >= 0.3 is 5.97 Å². The molecule has 0 aliphatic carbocycles. The highest BCUT2D eigenvalue weighted by atomic mass is 127. The lowest BCUT2D eigenvalue weighted by atomic mass is 10.1. The highest BCUT2D eigenvalue weighted by molar-refractivity contribution is 14.1. The summed E-state index contributed by atoms with van der Waals surface area (Å²) in [6, 6.07) is 41.1. The fourth-order valence-electron chi connectivity index (χ4n) is 8.76. The van der Waals surface area contributed by atoms with Crippen LogP contribution in [0.4, 0.5) is 5.82 Å². The number of ether oxygens (including phenoxy) is 1. The number of benzene rings is 3. The van der Waals surface area contributed by atoms with Crippen LogP contribution in [0.3, 0.4) is 0 Å². The van der Waals surface area contributed by atoms with Gasteiger partial charge in [0, 0.05) is 66.9 Å². The van der Waals surface area contributed by atoms with Gasteiger partial charge in [0.2, 0.25) is 22.8 Å². The summed E-state index contributed by atoms with van der Waals surface area (Å²) in [6.45, 7) is 12.6. The summed E-state index contributed by atoms with van der Waals surface area (Å²) in [5, 5.41) is 38.7. The minimum atomic E-state index is -0.752. The Bertz CT molecular complexity index is 5220.